The maximum atomic E-state index is 13.5. The number of rotatable bonds is 4. The quantitative estimate of drug-likeness (QED) is 0.820. The van der Waals surface area contributed by atoms with Gasteiger partial charge in [-0.2, -0.15) is 0 Å². The summed E-state index contributed by atoms with van der Waals surface area (Å²) in [5.41, 5.74) is 0.568. The van der Waals surface area contributed by atoms with Crippen LogP contribution in [-0.2, 0) is 11.3 Å². The van der Waals surface area contributed by atoms with E-state index in [1.807, 2.05) is 0 Å². The molecule has 0 spiro atoms. The normalized spacial score (nSPS) is 29.5. The average Bonchev–Trinajstić information content (AvgIpc) is 2.73. The van der Waals surface area contributed by atoms with E-state index in [0.717, 1.165) is 30.4 Å². The topological polar surface area (TPSA) is 18.5 Å². The summed E-state index contributed by atoms with van der Waals surface area (Å²) in [5.74, 6) is 2.25. The highest BCUT2D eigenvalue weighted by Gasteiger charge is 2.35. The van der Waals surface area contributed by atoms with Crippen LogP contribution in [0.3, 0.4) is 0 Å². The Labute approximate surface area is 113 Å². The molecule has 1 aromatic rings. The van der Waals surface area contributed by atoms with Crippen molar-refractivity contribution in [1.82, 2.24) is 0 Å². The van der Waals surface area contributed by atoms with Crippen LogP contribution in [0.4, 0.5) is 4.39 Å². The Hall–Kier alpha value is -1.09. The van der Waals surface area contributed by atoms with E-state index in [-0.39, 0.29) is 5.82 Å². The Morgan fingerprint density at radius 2 is 1.89 bits per heavy atom. The van der Waals surface area contributed by atoms with Gasteiger partial charge >= 0.3 is 0 Å². The molecule has 3 rings (SSSR count). The van der Waals surface area contributed by atoms with Gasteiger partial charge in [-0.05, 0) is 49.3 Å². The van der Waals surface area contributed by atoms with Crippen LogP contribution in [0.25, 0.3) is 0 Å². The van der Waals surface area contributed by atoms with Gasteiger partial charge < -0.3 is 9.47 Å². The summed E-state index contributed by atoms with van der Waals surface area (Å²) >= 11 is 0. The molecule has 0 unspecified atom stereocenters. The molecule has 0 radical (unpaired) electrons. The number of ether oxygens (including phenoxy) is 2. The Kier molecular flexibility index (Phi) is 3.74. The second kappa shape index (κ2) is 5.49. The van der Waals surface area contributed by atoms with Crippen molar-refractivity contribution < 1.29 is 13.9 Å². The number of hydrogen-bond acceptors (Lipinski definition) is 2. The molecule has 2 fully saturated rings. The van der Waals surface area contributed by atoms with E-state index in [0.29, 0.717) is 18.3 Å². The van der Waals surface area contributed by atoms with E-state index < -0.39 is 0 Å². The van der Waals surface area contributed by atoms with Crippen molar-refractivity contribution in [3.05, 3.63) is 29.6 Å². The smallest absolute Gasteiger partial charge is 0.128 e. The maximum Gasteiger partial charge on any atom is 0.128 e. The Morgan fingerprint density at radius 1 is 1.16 bits per heavy atom. The molecule has 3 heteroatoms. The third kappa shape index (κ3) is 2.92. The number of fused-ring (bicyclic) bond motifs is 2. The van der Waals surface area contributed by atoms with Crippen molar-refractivity contribution in [2.45, 2.75) is 44.8 Å². The summed E-state index contributed by atoms with van der Waals surface area (Å²) in [6.45, 7) is 0.291. The van der Waals surface area contributed by atoms with Crippen LogP contribution in [0.5, 0.6) is 5.75 Å². The lowest BCUT2D eigenvalue weighted by Gasteiger charge is -2.28. The molecule has 2 bridgehead atoms. The highest BCUT2D eigenvalue weighted by molar-refractivity contribution is 5.29. The van der Waals surface area contributed by atoms with E-state index in [1.165, 1.54) is 25.3 Å². The average molecular weight is 264 g/mol. The molecule has 2 aliphatic rings. The molecule has 0 heterocycles. The SMILES string of the molecule is COCc1cc(O[C@@H]2C[C@@H]3CC[C@@H](C3)C2)ccc1F. The highest BCUT2D eigenvalue weighted by Crippen LogP contribution is 2.43. The van der Waals surface area contributed by atoms with E-state index in [2.05, 4.69) is 0 Å². The van der Waals surface area contributed by atoms with E-state index in [4.69, 9.17) is 9.47 Å². The lowest BCUT2D eigenvalue weighted by atomic mass is 9.87. The largest absolute Gasteiger partial charge is 0.490 e. The number of hydrogen-bond donors (Lipinski definition) is 0. The monoisotopic (exact) mass is 264 g/mol. The van der Waals surface area contributed by atoms with Gasteiger partial charge in [-0.1, -0.05) is 12.8 Å². The molecule has 0 aromatic heterocycles. The van der Waals surface area contributed by atoms with Gasteiger partial charge in [0.15, 0.2) is 0 Å². The third-order valence-electron chi connectivity index (χ3n) is 4.46. The Balaban J connectivity index is 1.67. The van der Waals surface area contributed by atoms with Crippen molar-refractivity contribution in [1.29, 1.82) is 0 Å². The van der Waals surface area contributed by atoms with Crippen molar-refractivity contribution >= 4 is 0 Å². The first-order chi connectivity index (χ1) is 9.24. The van der Waals surface area contributed by atoms with E-state index >= 15 is 0 Å². The van der Waals surface area contributed by atoms with Gasteiger partial charge in [-0.25, -0.2) is 4.39 Å². The minimum absolute atomic E-state index is 0.224. The van der Waals surface area contributed by atoms with Crippen molar-refractivity contribution in [2.75, 3.05) is 7.11 Å². The molecule has 1 aromatic carbocycles. The Bertz CT molecular complexity index is 434. The zero-order valence-corrected chi connectivity index (χ0v) is 11.4. The summed E-state index contributed by atoms with van der Waals surface area (Å²) in [7, 11) is 1.58. The van der Waals surface area contributed by atoms with E-state index in [1.54, 1.807) is 19.2 Å². The fourth-order valence-corrected chi connectivity index (χ4v) is 3.63. The lowest BCUT2D eigenvalue weighted by molar-refractivity contribution is 0.118. The van der Waals surface area contributed by atoms with Crippen LogP contribution >= 0.6 is 0 Å². The molecule has 0 amide bonds. The van der Waals surface area contributed by atoms with Gasteiger partial charge in [-0.3, -0.25) is 0 Å². The first-order valence-electron chi connectivity index (χ1n) is 7.18. The molecule has 0 aliphatic heterocycles. The zero-order valence-electron chi connectivity index (χ0n) is 11.4. The molecule has 0 N–H and O–H groups in total. The predicted octanol–water partition coefficient (Wildman–Crippen LogP) is 3.93. The van der Waals surface area contributed by atoms with Crippen molar-refractivity contribution in [2.24, 2.45) is 11.8 Å². The maximum absolute atomic E-state index is 13.5. The van der Waals surface area contributed by atoms with Crippen LogP contribution in [0.1, 0.15) is 37.7 Å². The van der Waals surface area contributed by atoms with Crippen molar-refractivity contribution in [3.8, 4) is 5.75 Å². The van der Waals surface area contributed by atoms with Crippen LogP contribution in [0.2, 0.25) is 0 Å². The number of benzene rings is 1. The lowest BCUT2D eigenvalue weighted by Crippen LogP contribution is -2.26. The Morgan fingerprint density at radius 3 is 2.58 bits per heavy atom. The molecule has 19 heavy (non-hydrogen) atoms. The summed E-state index contributed by atoms with van der Waals surface area (Å²) in [4.78, 5) is 0. The van der Waals surface area contributed by atoms with Gasteiger partial charge in [0.2, 0.25) is 0 Å². The summed E-state index contributed by atoms with van der Waals surface area (Å²) in [5, 5.41) is 0. The third-order valence-corrected chi connectivity index (χ3v) is 4.46. The fraction of sp³-hybridized carbons (Fsp3) is 0.625. The van der Waals surface area contributed by atoms with Gasteiger partial charge in [-0.15, -0.1) is 0 Å². The van der Waals surface area contributed by atoms with E-state index in [9.17, 15) is 4.39 Å². The van der Waals surface area contributed by atoms with Crippen LogP contribution < -0.4 is 4.74 Å². The summed E-state index contributed by atoms with van der Waals surface area (Å²) < 4.78 is 24.6. The molecule has 0 saturated heterocycles. The van der Waals surface area contributed by atoms with Gasteiger partial charge in [0.05, 0.1) is 12.7 Å². The van der Waals surface area contributed by atoms with Gasteiger partial charge in [0, 0.05) is 12.7 Å². The van der Waals surface area contributed by atoms with Gasteiger partial charge in [0.25, 0.3) is 0 Å². The van der Waals surface area contributed by atoms with Gasteiger partial charge in [0.1, 0.15) is 11.6 Å². The standard InChI is InChI=1S/C16H21FO2/c1-18-10-13-9-14(4-5-16(13)17)19-15-7-11-2-3-12(6-11)8-15/h4-5,9,11-12,15H,2-3,6-8,10H2,1H3/t11-,12+,15-. The fourth-order valence-electron chi connectivity index (χ4n) is 3.63. The molecule has 3 atom stereocenters. The summed E-state index contributed by atoms with van der Waals surface area (Å²) in [6, 6.07) is 4.97. The highest BCUT2D eigenvalue weighted by atomic mass is 19.1. The molecule has 2 nitrogen and oxygen atoms in total. The molecule has 2 saturated carbocycles. The second-order valence-corrected chi connectivity index (χ2v) is 5.94. The first kappa shape index (κ1) is 12.9. The molecule has 104 valence electrons. The number of methoxy groups -OCH3 is 1. The molecular weight excluding hydrogens is 243 g/mol. The second-order valence-electron chi connectivity index (χ2n) is 5.94. The summed E-state index contributed by atoms with van der Waals surface area (Å²) in [6.07, 6.45) is 6.75. The minimum Gasteiger partial charge on any atom is -0.490 e. The molecule has 2 aliphatic carbocycles. The number of halogens is 1. The van der Waals surface area contributed by atoms with Crippen molar-refractivity contribution in [3.63, 3.8) is 0 Å². The van der Waals surface area contributed by atoms with Crippen LogP contribution in [0, 0.1) is 17.7 Å². The zero-order chi connectivity index (χ0) is 13.2. The predicted molar refractivity (Wildman–Crippen MR) is 71.6 cm³/mol. The van der Waals surface area contributed by atoms with Crippen LogP contribution in [0.15, 0.2) is 18.2 Å². The van der Waals surface area contributed by atoms with Crippen LogP contribution in [-0.4, -0.2) is 13.2 Å². The minimum atomic E-state index is -0.224. The first-order valence-corrected chi connectivity index (χ1v) is 7.18. The molecular formula is C16H21FO2.